The molecule has 4 heterocycles. The van der Waals surface area contributed by atoms with E-state index in [0.29, 0.717) is 34.2 Å². The number of nitrogen functional groups attached to an aromatic ring is 2. The van der Waals surface area contributed by atoms with Crippen LogP contribution < -0.4 is 20.9 Å². The van der Waals surface area contributed by atoms with Gasteiger partial charge < -0.3 is 21.7 Å². The largest absolute Gasteiger partial charge is 0.393 e. The maximum Gasteiger partial charge on any atom is 0.240 e. The maximum absolute atomic E-state index is 13.0. The van der Waals surface area contributed by atoms with Crippen molar-refractivity contribution in [1.82, 2.24) is 58.9 Å². The van der Waals surface area contributed by atoms with Gasteiger partial charge in [0.2, 0.25) is 20.0 Å². The van der Waals surface area contributed by atoms with Gasteiger partial charge in [-0.1, -0.05) is 12.1 Å². The van der Waals surface area contributed by atoms with E-state index in [1.54, 1.807) is 36.4 Å². The summed E-state index contributed by atoms with van der Waals surface area (Å²) in [7, 11) is -7.38. The number of nitrogens with zero attached hydrogens (tertiary/aromatic N) is 10. The molecular formula is C40H46N14O6S2. The summed E-state index contributed by atoms with van der Waals surface area (Å²) in [4.78, 5) is 25.6. The molecule has 0 aliphatic heterocycles. The third-order valence-electron chi connectivity index (χ3n) is 12.5. The summed E-state index contributed by atoms with van der Waals surface area (Å²) in [5, 5.41) is 27.2. The molecule has 4 aliphatic carbocycles. The average molecular weight is 883 g/mol. The van der Waals surface area contributed by atoms with Gasteiger partial charge in [-0.2, -0.15) is 19.6 Å². The third kappa shape index (κ3) is 8.04. The van der Waals surface area contributed by atoms with Crippen LogP contribution in [0.1, 0.15) is 62.5 Å². The number of aliphatic hydroxyl groups is 2. The molecule has 0 bridgehead atoms. The fourth-order valence-corrected chi connectivity index (χ4v) is 11.9. The molecule has 0 unspecified atom stereocenters. The zero-order valence-electron chi connectivity index (χ0n) is 33.9. The lowest BCUT2D eigenvalue weighted by Gasteiger charge is -2.56. The van der Waals surface area contributed by atoms with Gasteiger partial charge in [-0.3, -0.25) is 0 Å². The molecule has 4 aromatic heterocycles. The van der Waals surface area contributed by atoms with Crippen molar-refractivity contribution >= 4 is 31.7 Å². The second kappa shape index (κ2) is 15.5. The van der Waals surface area contributed by atoms with Crippen molar-refractivity contribution in [2.45, 2.75) is 99.3 Å². The summed E-state index contributed by atoms with van der Waals surface area (Å²) < 4.78 is 60.3. The molecule has 2 spiro atoms. The number of nitrogens with one attached hydrogen (secondary N) is 2. The fourth-order valence-electron chi connectivity index (χ4n) is 9.36. The lowest BCUT2D eigenvalue weighted by Crippen LogP contribution is -2.57. The molecule has 0 radical (unpaired) electrons. The maximum atomic E-state index is 13.0. The number of benzene rings is 2. The molecule has 20 nitrogen and oxygen atoms in total. The zero-order valence-corrected chi connectivity index (χ0v) is 35.5. The molecule has 0 amide bonds. The fraction of sp³-hybridized carbons (Fsp3) is 0.400. The number of aryl methyl sites for hydroxylation is 2. The van der Waals surface area contributed by atoms with Crippen LogP contribution in [0.3, 0.4) is 0 Å². The van der Waals surface area contributed by atoms with E-state index in [1.807, 2.05) is 13.8 Å². The molecule has 8 N–H and O–H groups in total. The second-order valence-corrected chi connectivity index (χ2v) is 20.6. The van der Waals surface area contributed by atoms with Crippen LogP contribution in [0.5, 0.6) is 0 Å². The Morgan fingerprint density at radius 2 is 1.02 bits per heavy atom. The Balaban J connectivity index is 0.000000158. The van der Waals surface area contributed by atoms with E-state index >= 15 is 0 Å². The van der Waals surface area contributed by atoms with E-state index in [0.717, 1.165) is 62.5 Å². The molecule has 10 rings (SSSR count). The SMILES string of the molecule is Cc1ccc(S(=O)(=O)NC2CC3(CC(O)C3)C2)cc1-c1cnc(N)c(-n2cncn2)n1.Cc1ccc(S(=O)(=O)NC2CC3(CC(O)C3)C2)cc1-c1cnc(N)c(-n2cncn2)n1. The Bertz CT molecular complexity index is 2650. The van der Waals surface area contributed by atoms with Crippen LogP contribution in [-0.4, -0.2) is 101 Å². The lowest BCUT2D eigenvalue weighted by molar-refractivity contribution is -0.0935. The molecule has 6 aromatic rings. The van der Waals surface area contributed by atoms with E-state index in [-0.39, 0.29) is 56.5 Å². The van der Waals surface area contributed by atoms with Gasteiger partial charge in [-0.05, 0) is 111 Å². The van der Waals surface area contributed by atoms with Gasteiger partial charge in [0, 0.05) is 23.2 Å². The van der Waals surface area contributed by atoms with Gasteiger partial charge in [0.25, 0.3) is 0 Å². The number of hydrogen-bond donors (Lipinski definition) is 6. The highest BCUT2D eigenvalue weighted by Gasteiger charge is 2.54. The molecule has 324 valence electrons. The van der Waals surface area contributed by atoms with Crippen molar-refractivity contribution < 1.29 is 27.0 Å². The van der Waals surface area contributed by atoms with Gasteiger partial charge in [0.1, 0.15) is 25.3 Å². The third-order valence-corrected chi connectivity index (χ3v) is 15.5. The number of aromatic nitrogens is 10. The zero-order chi connectivity index (χ0) is 43.6. The number of sulfonamides is 2. The summed E-state index contributed by atoms with van der Waals surface area (Å²) in [6, 6.07) is 9.69. The Labute approximate surface area is 357 Å². The van der Waals surface area contributed by atoms with Gasteiger partial charge >= 0.3 is 0 Å². The molecule has 4 fully saturated rings. The van der Waals surface area contributed by atoms with Crippen LogP contribution in [0.2, 0.25) is 0 Å². The standard InChI is InChI=1S/2C20H23N7O3S/c2*1-12-2-3-15(31(29,30)26-13-5-20(6-13)7-14(28)8-20)4-16(12)17-9-23-18(21)19(25-17)27-11-22-10-24-27/h2*2-4,9-11,13-14,26,28H,5-8H2,1H3,(H2,21,23). The second-order valence-electron chi connectivity index (χ2n) is 17.1. The van der Waals surface area contributed by atoms with Crippen molar-refractivity contribution in [3.05, 3.63) is 85.2 Å². The van der Waals surface area contributed by atoms with Gasteiger partial charge in [0.15, 0.2) is 23.3 Å². The first kappa shape index (κ1) is 41.6. The number of aliphatic hydroxyl groups excluding tert-OH is 2. The smallest absolute Gasteiger partial charge is 0.240 e. The molecule has 4 aliphatic rings. The highest BCUT2D eigenvalue weighted by Crippen LogP contribution is 2.57. The summed E-state index contributed by atoms with van der Waals surface area (Å²) in [5.74, 6) is 1.03. The van der Waals surface area contributed by atoms with Crippen molar-refractivity contribution in [3.63, 3.8) is 0 Å². The molecule has 22 heteroatoms. The highest BCUT2D eigenvalue weighted by atomic mass is 32.2. The highest BCUT2D eigenvalue weighted by molar-refractivity contribution is 7.89. The summed E-state index contributed by atoms with van der Waals surface area (Å²) in [6.45, 7) is 3.76. The number of nitrogens with two attached hydrogens (primary N) is 2. The monoisotopic (exact) mass is 882 g/mol. The predicted molar refractivity (Wildman–Crippen MR) is 225 cm³/mol. The molecule has 4 saturated carbocycles. The number of hydrogen-bond acceptors (Lipinski definition) is 16. The van der Waals surface area contributed by atoms with Crippen LogP contribution in [0.15, 0.2) is 83.9 Å². The first-order chi connectivity index (χ1) is 29.5. The summed E-state index contributed by atoms with van der Waals surface area (Å²) in [5.41, 5.74) is 16.1. The minimum Gasteiger partial charge on any atom is -0.393 e. The van der Waals surface area contributed by atoms with Crippen molar-refractivity contribution in [2.24, 2.45) is 10.8 Å². The molecule has 0 atom stereocenters. The van der Waals surface area contributed by atoms with Crippen LogP contribution in [-0.2, 0) is 20.0 Å². The Morgan fingerprint density at radius 3 is 1.35 bits per heavy atom. The van der Waals surface area contributed by atoms with Gasteiger partial charge in [-0.15, -0.1) is 0 Å². The van der Waals surface area contributed by atoms with E-state index in [1.165, 1.54) is 47.1 Å². The summed E-state index contributed by atoms with van der Waals surface area (Å²) in [6.07, 6.45) is 14.4. The first-order valence-corrected chi connectivity index (χ1v) is 23.0. The van der Waals surface area contributed by atoms with Crippen LogP contribution >= 0.6 is 0 Å². The van der Waals surface area contributed by atoms with Gasteiger partial charge in [0.05, 0.1) is 45.8 Å². The van der Waals surface area contributed by atoms with Crippen molar-refractivity contribution in [2.75, 3.05) is 11.5 Å². The predicted octanol–water partition coefficient (Wildman–Crippen LogP) is 2.39. The van der Waals surface area contributed by atoms with Crippen LogP contribution in [0, 0.1) is 24.7 Å². The van der Waals surface area contributed by atoms with Crippen molar-refractivity contribution in [1.29, 1.82) is 0 Å². The normalized spacial score (nSPS) is 25.2. The molecule has 2 aromatic carbocycles. The Hall–Kier alpha value is -5.78. The lowest BCUT2D eigenvalue weighted by atomic mass is 9.53. The van der Waals surface area contributed by atoms with Crippen LogP contribution in [0.4, 0.5) is 11.6 Å². The number of anilines is 2. The van der Waals surface area contributed by atoms with Gasteiger partial charge in [-0.25, -0.2) is 56.2 Å². The minimum atomic E-state index is -3.69. The molecule has 62 heavy (non-hydrogen) atoms. The van der Waals surface area contributed by atoms with E-state index in [4.69, 9.17) is 11.5 Å². The van der Waals surface area contributed by atoms with Crippen molar-refractivity contribution in [3.8, 4) is 34.2 Å². The Morgan fingerprint density at radius 1 is 0.629 bits per heavy atom. The van der Waals surface area contributed by atoms with E-state index in [9.17, 15) is 27.0 Å². The summed E-state index contributed by atoms with van der Waals surface area (Å²) >= 11 is 0. The van der Waals surface area contributed by atoms with Crippen LogP contribution in [0.25, 0.3) is 34.2 Å². The topological polar surface area (TPSA) is 298 Å². The quantitative estimate of drug-likeness (QED) is 0.115. The van der Waals surface area contributed by atoms with E-state index in [2.05, 4.69) is 49.5 Å². The molecular weight excluding hydrogens is 837 g/mol. The van der Waals surface area contributed by atoms with E-state index < -0.39 is 20.0 Å². The average Bonchev–Trinajstić information content (AvgIpc) is 3.92. The minimum absolute atomic E-state index is 0.0995. The Kier molecular flexibility index (Phi) is 10.4. The first-order valence-electron chi connectivity index (χ1n) is 20.1. The number of rotatable bonds is 10. The molecule has 0 saturated heterocycles.